The van der Waals surface area contributed by atoms with Crippen LogP contribution in [-0.4, -0.2) is 24.6 Å². The van der Waals surface area contributed by atoms with E-state index in [1.165, 1.54) is 11.1 Å². The number of hydrogen-bond donors (Lipinski definition) is 1. The third kappa shape index (κ3) is 2.94. The number of aromatic nitrogens is 5. The molecule has 0 aliphatic carbocycles. The molecule has 0 fully saturated rings. The van der Waals surface area contributed by atoms with Gasteiger partial charge in [-0.2, -0.15) is 9.50 Å². The first-order valence-electron chi connectivity index (χ1n) is 8.09. The minimum atomic E-state index is 0.560. The highest BCUT2D eigenvalue weighted by Gasteiger charge is 2.12. The van der Waals surface area contributed by atoms with Gasteiger partial charge in [0.1, 0.15) is 5.82 Å². The summed E-state index contributed by atoms with van der Waals surface area (Å²) in [7, 11) is 0. The molecule has 124 valence electrons. The van der Waals surface area contributed by atoms with E-state index in [2.05, 4.69) is 57.4 Å². The highest BCUT2D eigenvalue weighted by atomic mass is 15.4. The van der Waals surface area contributed by atoms with E-state index in [4.69, 9.17) is 0 Å². The van der Waals surface area contributed by atoms with E-state index in [0.29, 0.717) is 11.6 Å². The molecule has 25 heavy (non-hydrogen) atoms. The third-order valence-electron chi connectivity index (χ3n) is 4.14. The van der Waals surface area contributed by atoms with Gasteiger partial charge in [0.25, 0.3) is 5.78 Å². The third-order valence-corrected chi connectivity index (χ3v) is 4.14. The standard InChI is InChI=1S/C19H18N6/c1-12-6-7-16(9-13(12)2)22-17-10-14(3)21-19-23-18(24-25(17)19)15-5-4-8-20-11-15/h4-11,22H,1-3H3. The first kappa shape index (κ1) is 15.3. The van der Waals surface area contributed by atoms with Gasteiger partial charge in [0.15, 0.2) is 5.82 Å². The molecule has 0 amide bonds. The van der Waals surface area contributed by atoms with Gasteiger partial charge in [-0.25, -0.2) is 4.98 Å². The van der Waals surface area contributed by atoms with Crippen LogP contribution >= 0.6 is 0 Å². The summed E-state index contributed by atoms with van der Waals surface area (Å²) in [5.41, 5.74) is 5.25. The fraction of sp³-hybridized carbons (Fsp3) is 0.158. The summed E-state index contributed by atoms with van der Waals surface area (Å²) in [6.07, 6.45) is 3.48. The van der Waals surface area contributed by atoms with Gasteiger partial charge in [-0.1, -0.05) is 6.07 Å². The summed E-state index contributed by atoms with van der Waals surface area (Å²) in [4.78, 5) is 13.2. The molecule has 6 heteroatoms. The summed E-state index contributed by atoms with van der Waals surface area (Å²) >= 11 is 0. The topological polar surface area (TPSA) is 68.0 Å². The Balaban J connectivity index is 1.80. The predicted octanol–water partition coefficient (Wildman–Crippen LogP) is 3.86. The van der Waals surface area contributed by atoms with Gasteiger partial charge in [-0.05, 0) is 56.2 Å². The minimum Gasteiger partial charge on any atom is -0.340 e. The summed E-state index contributed by atoms with van der Waals surface area (Å²) in [5, 5.41) is 8.03. The molecule has 0 spiro atoms. The van der Waals surface area contributed by atoms with E-state index in [0.717, 1.165) is 22.8 Å². The maximum absolute atomic E-state index is 4.60. The molecule has 3 heterocycles. The van der Waals surface area contributed by atoms with E-state index >= 15 is 0 Å². The van der Waals surface area contributed by atoms with Crippen LogP contribution in [-0.2, 0) is 0 Å². The predicted molar refractivity (Wildman–Crippen MR) is 97.9 cm³/mol. The summed E-state index contributed by atoms with van der Waals surface area (Å²) < 4.78 is 1.73. The van der Waals surface area contributed by atoms with Crippen LogP contribution in [0.4, 0.5) is 11.5 Å². The van der Waals surface area contributed by atoms with Crippen LogP contribution < -0.4 is 5.32 Å². The molecule has 6 nitrogen and oxygen atoms in total. The molecule has 0 aliphatic rings. The van der Waals surface area contributed by atoms with Crippen LogP contribution in [0.2, 0.25) is 0 Å². The van der Waals surface area contributed by atoms with Crippen molar-refractivity contribution < 1.29 is 0 Å². The molecular weight excluding hydrogens is 312 g/mol. The molecule has 1 N–H and O–H groups in total. The van der Waals surface area contributed by atoms with Gasteiger partial charge in [-0.15, -0.1) is 5.10 Å². The molecule has 0 aliphatic heterocycles. The first-order valence-corrected chi connectivity index (χ1v) is 8.09. The SMILES string of the molecule is Cc1cc(Nc2ccc(C)c(C)c2)n2nc(-c3cccnc3)nc2n1. The van der Waals surface area contributed by atoms with Crippen LogP contribution in [0.15, 0.2) is 48.8 Å². The highest BCUT2D eigenvalue weighted by Crippen LogP contribution is 2.22. The zero-order chi connectivity index (χ0) is 17.4. The molecule has 0 atom stereocenters. The number of fused-ring (bicyclic) bond motifs is 1. The molecular formula is C19H18N6. The number of anilines is 2. The lowest BCUT2D eigenvalue weighted by Gasteiger charge is -2.10. The molecule has 4 rings (SSSR count). The number of hydrogen-bond acceptors (Lipinski definition) is 5. The van der Waals surface area contributed by atoms with Crippen molar-refractivity contribution in [2.45, 2.75) is 20.8 Å². The van der Waals surface area contributed by atoms with Gasteiger partial charge in [0, 0.05) is 35.4 Å². The van der Waals surface area contributed by atoms with Crippen LogP contribution in [0, 0.1) is 20.8 Å². The van der Waals surface area contributed by atoms with Crippen LogP contribution in [0.1, 0.15) is 16.8 Å². The van der Waals surface area contributed by atoms with E-state index in [-0.39, 0.29) is 0 Å². The number of rotatable bonds is 3. The first-order chi connectivity index (χ1) is 12.1. The number of nitrogens with zero attached hydrogens (tertiary/aromatic N) is 5. The van der Waals surface area contributed by atoms with Crippen LogP contribution in [0.25, 0.3) is 17.2 Å². The second-order valence-electron chi connectivity index (χ2n) is 6.10. The van der Waals surface area contributed by atoms with Crippen molar-refractivity contribution in [3.63, 3.8) is 0 Å². The maximum Gasteiger partial charge on any atom is 0.254 e. The molecule has 0 bridgehead atoms. The summed E-state index contributed by atoms with van der Waals surface area (Å²) in [5.74, 6) is 1.99. The molecule has 0 radical (unpaired) electrons. The van der Waals surface area contributed by atoms with Crippen molar-refractivity contribution in [3.8, 4) is 11.4 Å². The zero-order valence-electron chi connectivity index (χ0n) is 14.4. The number of benzene rings is 1. The monoisotopic (exact) mass is 330 g/mol. The lowest BCUT2D eigenvalue weighted by Crippen LogP contribution is -2.03. The van der Waals surface area contributed by atoms with Crippen LogP contribution in [0.5, 0.6) is 0 Å². The van der Waals surface area contributed by atoms with Crippen molar-refractivity contribution in [1.82, 2.24) is 24.6 Å². The molecule has 4 aromatic rings. The summed E-state index contributed by atoms with van der Waals surface area (Å²) in [6.45, 7) is 6.15. The highest BCUT2D eigenvalue weighted by molar-refractivity contribution is 5.62. The van der Waals surface area contributed by atoms with Crippen molar-refractivity contribution in [1.29, 1.82) is 0 Å². The Kier molecular flexibility index (Phi) is 3.65. The number of nitrogens with one attached hydrogen (secondary N) is 1. The smallest absolute Gasteiger partial charge is 0.254 e. The van der Waals surface area contributed by atoms with Gasteiger partial charge in [0.2, 0.25) is 0 Å². The quantitative estimate of drug-likeness (QED) is 0.618. The van der Waals surface area contributed by atoms with Crippen molar-refractivity contribution >= 4 is 17.3 Å². The fourth-order valence-corrected chi connectivity index (χ4v) is 2.66. The minimum absolute atomic E-state index is 0.560. The zero-order valence-corrected chi connectivity index (χ0v) is 14.4. The fourth-order valence-electron chi connectivity index (χ4n) is 2.66. The van der Waals surface area contributed by atoms with Gasteiger partial charge in [0.05, 0.1) is 0 Å². The van der Waals surface area contributed by atoms with E-state index in [9.17, 15) is 0 Å². The Morgan fingerprint density at radius 3 is 2.60 bits per heavy atom. The summed E-state index contributed by atoms with van der Waals surface area (Å²) in [6, 6.07) is 12.0. The second-order valence-corrected chi connectivity index (χ2v) is 6.10. The van der Waals surface area contributed by atoms with E-state index < -0.39 is 0 Å². The van der Waals surface area contributed by atoms with Crippen molar-refractivity contribution in [2.24, 2.45) is 0 Å². The normalized spacial score (nSPS) is 11.0. The number of pyridine rings is 1. The Morgan fingerprint density at radius 1 is 0.960 bits per heavy atom. The van der Waals surface area contributed by atoms with Gasteiger partial charge < -0.3 is 5.32 Å². The Labute approximate surface area is 145 Å². The van der Waals surface area contributed by atoms with Crippen molar-refractivity contribution in [3.05, 3.63) is 65.6 Å². The van der Waals surface area contributed by atoms with E-state index in [1.807, 2.05) is 25.1 Å². The van der Waals surface area contributed by atoms with E-state index in [1.54, 1.807) is 16.9 Å². The lowest BCUT2D eigenvalue weighted by molar-refractivity contribution is 0.939. The van der Waals surface area contributed by atoms with Crippen LogP contribution in [0.3, 0.4) is 0 Å². The average molecular weight is 330 g/mol. The Bertz CT molecular complexity index is 1050. The van der Waals surface area contributed by atoms with Gasteiger partial charge >= 0.3 is 0 Å². The Morgan fingerprint density at radius 2 is 1.84 bits per heavy atom. The van der Waals surface area contributed by atoms with Crippen molar-refractivity contribution in [2.75, 3.05) is 5.32 Å². The molecule has 3 aromatic heterocycles. The molecule has 0 saturated carbocycles. The largest absolute Gasteiger partial charge is 0.340 e. The maximum atomic E-state index is 4.60. The molecule has 0 saturated heterocycles. The second kappa shape index (κ2) is 5.98. The number of aryl methyl sites for hydroxylation is 3. The van der Waals surface area contributed by atoms with Gasteiger partial charge in [-0.3, -0.25) is 4.98 Å². The molecule has 0 unspecified atom stereocenters. The average Bonchev–Trinajstić information content (AvgIpc) is 3.03. The Hall–Kier alpha value is -3.28. The molecule has 1 aromatic carbocycles. The lowest BCUT2D eigenvalue weighted by atomic mass is 10.1.